The number of nitrogens with one attached hydrogen (secondary N) is 1. The van der Waals surface area contributed by atoms with Gasteiger partial charge in [-0.1, -0.05) is 11.8 Å². The van der Waals surface area contributed by atoms with Crippen LogP contribution in [0.3, 0.4) is 0 Å². The van der Waals surface area contributed by atoms with E-state index in [1.165, 1.54) is 44.2 Å². The molecule has 0 aliphatic carbocycles. The summed E-state index contributed by atoms with van der Waals surface area (Å²) in [6.07, 6.45) is 2.60. The average molecular weight is 472 g/mol. The Balaban J connectivity index is 1.72. The normalized spacial score (nSPS) is 10.7. The fraction of sp³-hybridized carbons (Fsp3) is 0.318. The molecule has 0 spiro atoms. The van der Waals surface area contributed by atoms with Crippen molar-refractivity contribution in [2.75, 3.05) is 25.3 Å². The van der Waals surface area contributed by atoms with Gasteiger partial charge in [0.15, 0.2) is 5.16 Å². The Bertz CT molecular complexity index is 1170. The number of anilines is 1. The molecule has 0 bridgehead atoms. The summed E-state index contributed by atoms with van der Waals surface area (Å²) < 4.78 is 13.5. The van der Waals surface area contributed by atoms with Gasteiger partial charge in [-0.2, -0.15) is 0 Å². The summed E-state index contributed by atoms with van der Waals surface area (Å²) in [6.45, 7) is 2.65. The van der Waals surface area contributed by atoms with Gasteiger partial charge in [-0.25, -0.2) is 9.59 Å². The van der Waals surface area contributed by atoms with Crippen molar-refractivity contribution < 1.29 is 23.9 Å². The summed E-state index contributed by atoms with van der Waals surface area (Å²) in [6, 6.07) is 8.22. The number of hydrogen-bond donors (Lipinski definition) is 1. The second kappa shape index (κ2) is 10.8. The van der Waals surface area contributed by atoms with E-state index in [9.17, 15) is 14.4 Å². The third-order valence-corrected chi connectivity index (χ3v) is 5.92. The quantitative estimate of drug-likeness (QED) is 0.374. The molecule has 33 heavy (non-hydrogen) atoms. The lowest BCUT2D eigenvalue weighted by atomic mass is 10.1. The van der Waals surface area contributed by atoms with E-state index in [1.807, 2.05) is 41.4 Å². The van der Waals surface area contributed by atoms with Gasteiger partial charge in [-0.3, -0.25) is 4.79 Å². The number of aryl methyl sites for hydroxylation is 1. The maximum absolute atomic E-state index is 12.6. The molecule has 0 radical (unpaired) electrons. The first-order valence-electron chi connectivity index (χ1n) is 10.1. The number of carbonyl (C=O) groups excluding carboxylic acids is 3. The number of thioether (sulfide) groups is 1. The minimum absolute atomic E-state index is 0.0331. The van der Waals surface area contributed by atoms with Crippen LogP contribution in [0.15, 0.2) is 41.7 Å². The number of carbonyl (C=O) groups is 3. The molecule has 2 aromatic heterocycles. The zero-order valence-electron chi connectivity index (χ0n) is 18.8. The topological polar surface area (TPSA) is 117 Å². The third-order valence-electron chi connectivity index (χ3n) is 4.95. The fourth-order valence-electron chi connectivity index (χ4n) is 3.21. The van der Waals surface area contributed by atoms with E-state index in [-0.39, 0.29) is 28.5 Å². The Morgan fingerprint density at radius 1 is 1.09 bits per heavy atom. The molecule has 2 heterocycles. The highest BCUT2D eigenvalue weighted by Gasteiger charge is 2.19. The molecular weight excluding hydrogens is 446 g/mol. The van der Waals surface area contributed by atoms with Gasteiger partial charge in [0, 0.05) is 31.9 Å². The van der Waals surface area contributed by atoms with Crippen molar-refractivity contribution in [2.45, 2.75) is 25.0 Å². The number of esters is 2. The van der Waals surface area contributed by atoms with Crippen LogP contribution >= 0.6 is 11.8 Å². The second-order valence-corrected chi connectivity index (χ2v) is 7.95. The largest absolute Gasteiger partial charge is 0.465 e. The van der Waals surface area contributed by atoms with E-state index < -0.39 is 11.9 Å². The molecule has 11 heteroatoms. The number of ether oxygens (including phenoxy) is 2. The molecule has 0 unspecified atom stereocenters. The van der Waals surface area contributed by atoms with E-state index in [0.717, 1.165) is 11.5 Å². The van der Waals surface area contributed by atoms with Gasteiger partial charge in [-0.05, 0) is 37.3 Å². The third kappa shape index (κ3) is 5.61. The first-order chi connectivity index (χ1) is 15.9. The lowest BCUT2D eigenvalue weighted by Crippen LogP contribution is -2.18. The Kier molecular flexibility index (Phi) is 7.88. The second-order valence-electron chi connectivity index (χ2n) is 7.01. The molecule has 1 aromatic carbocycles. The van der Waals surface area contributed by atoms with Crippen molar-refractivity contribution in [3.63, 3.8) is 0 Å². The Hall–Kier alpha value is -3.60. The van der Waals surface area contributed by atoms with Gasteiger partial charge in [0.25, 0.3) is 0 Å². The Labute approximate surface area is 195 Å². The van der Waals surface area contributed by atoms with Crippen LogP contribution in [0.2, 0.25) is 0 Å². The monoisotopic (exact) mass is 471 g/mol. The Morgan fingerprint density at radius 2 is 1.85 bits per heavy atom. The highest BCUT2D eigenvalue weighted by Crippen LogP contribution is 2.22. The molecule has 0 aliphatic heterocycles. The highest BCUT2D eigenvalue weighted by molar-refractivity contribution is 7.99. The van der Waals surface area contributed by atoms with Crippen LogP contribution < -0.4 is 5.32 Å². The number of aromatic nitrogens is 4. The van der Waals surface area contributed by atoms with E-state index in [0.29, 0.717) is 18.1 Å². The first-order valence-corrected chi connectivity index (χ1v) is 11.1. The maximum Gasteiger partial charge on any atom is 0.339 e. The van der Waals surface area contributed by atoms with E-state index in [4.69, 9.17) is 9.47 Å². The minimum Gasteiger partial charge on any atom is -0.465 e. The van der Waals surface area contributed by atoms with Crippen LogP contribution in [0, 0.1) is 0 Å². The van der Waals surface area contributed by atoms with Crippen LogP contribution in [0.1, 0.15) is 39.2 Å². The van der Waals surface area contributed by atoms with E-state index >= 15 is 0 Å². The smallest absolute Gasteiger partial charge is 0.339 e. The highest BCUT2D eigenvalue weighted by atomic mass is 32.2. The minimum atomic E-state index is -0.634. The maximum atomic E-state index is 12.6. The molecule has 0 fully saturated rings. The molecule has 0 saturated carbocycles. The van der Waals surface area contributed by atoms with Crippen molar-refractivity contribution in [2.24, 2.45) is 7.05 Å². The summed E-state index contributed by atoms with van der Waals surface area (Å²) in [4.78, 5) is 36.6. The lowest BCUT2D eigenvalue weighted by molar-refractivity contribution is -0.113. The SMILES string of the molecule is CCn1c(Cc2cccn2C)nnc1SCC(=O)Nc1cc(C(=O)OC)ccc1C(=O)OC. The van der Waals surface area contributed by atoms with Gasteiger partial charge in [0.05, 0.1) is 36.8 Å². The van der Waals surface area contributed by atoms with E-state index in [1.54, 1.807) is 0 Å². The molecular formula is C22H25N5O5S. The predicted molar refractivity (Wildman–Crippen MR) is 122 cm³/mol. The Morgan fingerprint density at radius 3 is 2.48 bits per heavy atom. The molecule has 0 atom stereocenters. The van der Waals surface area contributed by atoms with Crippen LogP contribution in [0.4, 0.5) is 5.69 Å². The number of methoxy groups -OCH3 is 2. The zero-order valence-corrected chi connectivity index (χ0v) is 19.6. The van der Waals surface area contributed by atoms with Crippen molar-refractivity contribution >= 4 is 35.3 Å². The lowest BCUT2D eigenvalue weighted by Gasteiger charge is -2.12. The van der Waals surface area contributed by atoms with Gasteiger partial charge in [0.2, 0.25) is 5.91 Å². The van der Waals surface area contributed by atoms with Crippen molar-refractivity contribution in [1.29, 1.82) is 0 Å². The van der Waals surface area contributed by atoms with Gasteiger partial charge < -0.3 is 23.9 Å². The summed E-state index contributed by atoms with van der Waals surface area (Å²) in [7, 11) is 4.46. The van der Waals surface area contributed by atoms with Crippen LogP contribution in [-0.4, -0.2) is 57.1 Å². The van der Waals surface area contributed by atoms with Gasteiger partial charge >= 0.3 is 11.9 Å². The number of hydrogen-bond acceptors (Lipinski definition) is 8. The first kappa shape index (κ1) is 24.1. The molecule has 1 amide bonds. The number of rotatable bonds is 9. The summed E-state index contributed by atoms with van der Waals surface area (Å²) in [5, 5.41) is 11.8. The van der Waals surface area contributed by atoms with Crippen LogP contribution in [-0.2, 0) is 34.3 Å². The number of benzene rings is 1. The number of amides is 1. The molecule has 10 nitrogen and oxygen atoms in total. The molecule has 0 aliphatic rings. The zero-order chi connectivity index (χ0) is 24.0. The standard InChI is InChI=1S/C22H25N5O5S/c1-5-27-18(12-15-7-6-10-26(15)2)24-25-22(27)33-13-19(28)23-17-11-14(20(29)31-3)8-9-16(17)21(30)32-4/h6-11H,5,12-13H2,1-4H3,(H,23,28). The molecule has 1 N–H and O–H groups in total. The molecule has 3 rings (SSSR count). The van der Waals surface area contributed by atoms with Crippen LogP contribution in [0.5, 0.6) is 0 Å². The van der Waals surface area contributed by atoms with Gasteiger partial charge in [-0.15, -0.1) is 10.2 Å². The molecule has 174 valence electrons. The van der Waals surface area contributed by atoms with Gasteiger partial charge in [0.1, 0.15) is 5.82 Å². The molecule has 3 aromatic rings. The summed E-state index contributed by atoms with van der Waals surface area (Å²) in [5.74, 6) is -0.753. The summed E-state index contributed by atoms with van der Waals surface area (Å²) >= 11 is 1.23. The summed E-state index contributed by atoms with van der Waals surface area (Å²) in [5.41, 5.74) is 1.60. The van der Waals surface area contributed by atoms with Crippen molar-refractivity contribution in [3.05, 3.63) is 59.2 Å². The molecule has 0 saturated heterocycles. The number of nitrogens with zero attached hydrogens (tertiary/aromatic N) is 4. The van der Waals surface area contributed by atoms with E-state index in [2.05, 4.69) is 15.5 Å². The fourth-order valence-corrected chi connectivity index (χ4v) is 4.03. The van der Waals surface area contributed by atoms with Crippen molar-refractivity contribution in [3.8, 4) is 0 Å². The van der Waals surface area contributed by atoms with Crippen LogP contribution in [0.25, 0.3) is 0 Å². The predicted octanol–water partition coefficient (Wildman–Crippen LogP) is 2.53. The van der Waals surface area contributed by atoms with Crippen molar-refractivity contribution in [1.82, 2.24) is 19.3 Å². The average Bonchev–Trinajstić information content (AvgIpc) is 3.41.